The summed E-state index contributed by atoms with van der Waals surface area (Å²) in [7, 11) is -3.21. The maximum atomic E-state index is 13.2. The number of hydrogen-bond donors (Lipinski definition) is 0. The van der Waals surface area contributed by atoms with E-state index in [-0.39, 0.29) is 6.10 Å². The van der Waals surface area contributed by atoms with Crippen LogP contribution in [0.3, 0.4) is 0 Å². The molecule has 4 rings (SSSR count). The van der Waals surface area contributed by atoms with Gasteiger partial charge in [0.25, 0.3) is 0 Å². The zero-order chi connectivity index (χ0) is 20.6. The number of sulfone groups is 1. The number of ether oxygens (including phenoxy) is 1. The Kier molecular flexibility index (Phi) is 5.62. The SMILES string of the molecule is CC(F)CN1CCC(C2Cc3cc(-c4ccc(S(C)(=O)=O)cc4)ncc3O2)CC1. The van der Waals surface area contributed by atoms with Crippen molar-refractivity contribution < 1.29 is 17.5 Å². The van der Waals surface area contributed by atoms with Gasteiger partial charge in [-0.2, -0.15) is 0 Å². The van der Waals surface area contributed by atoms with E-state index in [0.29, 0.717) is 17.4 Å². The lowest BCUT2D eigenvalue weighted by molar-refractivity contribution is 0.0809. The highest BCUT2D eigenvalue weighted by Crippen LogP contribution is 2.36. The summed E-state index contributed by atoms with van der Waals surface area (Å²) in [6.07, 6.45) is 5.26. The van der Waals surface area contributed by atoms with Crippen LogP contribution < -0.4 is 4.74 Å². The van der Waals surface area contributed by atoms with Crippen molar-refractivity contribution in [1.29, 1.82) is 0 Å². The highest BCUT2D eigenvalue weighted by atomic mass is 32.2. The van der Waals surface area contributed by atoms with Gasteiger partial charge in [0, 0.05) is 30.3 Å². The Morgan fingerprint density at radius 3 is 2.55 bits per heavy atom. The van der Waals surface area contributed by atoms with Gasteiger partial charge in [0.2, 0.25) is 0 Å². The molecule has 2 aromatic rings. The van der Waals surface area contributed by atoms with Gasteiger partial charge < -0.3 is 9.64 Å². The summed E-state index contributed by atoms with van der Waals surface area (Å²) < 4.78 is 42.7. The maximum Gasteiger partial charge on any atom is 0.175 e. The lowest BCUT2D eigenvalue weighted by Crippen LogP contribution is -2.41. The number of halogens is 1. The van der Waals surface area contributed by atoms with E-state index in [1.165, 1.54) is 6.26 Å². The molecule has 0 aliphatic carbocycles. The molecule has 0 radical (unpaired) electrons. The molecular weight excluding hydrogens is 391 g/mol. The molecule has 1 saturated heterocycles. The summed E-state index contributed by atoms with van der Waals surface area (Å²) in [5.74, 6) is 1.32. The van der Waals surface area contributed by atoms with E-state index >= 15 is 0 Å². The highest BCUT2D eigenvalue weighted by molar-refractivity contribution is 7.90. The van der Waals surface area contributed by atoms with E-state index in [4.69, 9.17) is 4.74 Å². The Labute approximate surface area is 171 Å². The van der Waals surface area contributed by atoms with Crippen LogP contribution in [0.2, 0.25) is 0 Å². The summed E-state index contributed by atoms with van der Waals surface area (Å²) in [6.45, 7) is 3.97. The molecule has 3 heterocycles. The molecule has 2 aliphatic rings. The lowest BCUT2D eigenvalue weighted by atomic mass is 9.89. The van der Waals surface area contributed by atoms with E-state index in [9.17, 15) is 12.8 Å². The number of hydrogen-bond acceptors (Lipinski definition) is 5. The molecule has 1 aromatic carbocycles. The third-order valence-corrected chi connectivity index (χ3v) is 7.02. The standard InChI is InChI=1S/C22H27FN2O3S/c1-15(23)14-25-9-7-17(8-10-25)21-12-18-11-20(24-13-22(18)28-21)16-3-5-19(6-4-16)29(2,26)27/h3-6,11,13,15,17,21H,7-10,12,14H2,1-2H3. The average Bonchev–Trinajstić information content (AvgIpc) is 3.11. The van der Waals surface area contributed by atoms with Crippen molar-refractivity contribution in [3.05, 3.63) is 42.1 Å². The highest BCUT2D eigenvalue weighted by Gasteiger charge is 2.33. The van der Waals surface area contributed by atoms with Gasteiger partial charge in [0.15, 0.2) is 9.84 Å². The third-order valence-electron chi connectivity index (χ3n) is 5.89. The van der Waals surface area contributed by atoms with Crippen LogP contribution in [0.15, 0.2) is 41.4 Å². The Bertz CT molecular complexity index is 968. The second kappa shape index (κ2) is 8.03. The fourth-order valence-electron chi connectivity index (χ4n) is 4.33. The predicted octanol–water partition coefficient (Wildman–Crippen LogP) is 3.53. The van der Waals surface area contributed by atoms with E-state index < -0.39 is 16.0 Å². The van der Waals surface area contributed by atoms with Gasteiger partial charge in [-0.3, -0.25) is 4.98 Å². The zero-order valence-corrected chi connectivity index (χ0v) is 17.7. The Morgan fingerprint density at radius 2 is 1.93 bits per heavy atom. The molecular formula is C22H27FN2O3S. The molecule has 29 heavy (non-hydrogen) atoms. The van der Waals surface area contributed by atoms with Crippen LogP contribution in [0, 0.1) is 5.92 Å². The van der Waals surface area contributed by atoms with Crippen molar-refractivity contribution in [2.75, 3.05) is 25.9 Å². The molecule has 0 spiro atoms. The number of pyridine rings is 1. The first kappa shape index (κ1) is 20.3. The van der Waals surface area contributed by atoms with Gasteiger partial charge in [0.1, 0.15) is 18.0 Å². The number of benzene rings is 1. The number of fused-ring (bicyclic) bond motifs is 1. The van der Waals surface area contributed by atoms with E-state index in [1.807, 2.05) is 6.07 Å². The Hall–Kier alpha value is -1.99. The number of piperidine rings is 1. The van der Waals surface area contributed by atoms with Crippen LogP contribution in [0.1, 0.15) is 25.3 Å². The molecule has 2 atom stereocenters. The number of aromatic nitrogens is 1. The minimum absolute atomic E-state index is 0.152. The molecule has 0 bridgehead atoms. The molecule has 0 N–H and O–H groups in total. The fraction of sp³-hybridized carbons (Fsp3) is 0.500. The molecule has 1 fully saturated rings. The minimum Gasteiger partial charge on any atom is -0.488 e. The van der Waals surface area contributed by atoms with Crippen molar-refractivity contribution >= 4 is 9.84 Å². The summed E-state index contributed by atoms with van der Waals surface area (Å²) in [5.41, 5.74) is 2.85. The molecule has 2 aliphatic heterocycles. The van der Waals surface area contributed by atoms with Gasteiger partial charge in [-0.25, -0.2) is 12.8 Å². The van der Waals surface area contributed by atoms with Gasteiger partial charge in [-0.1, -0.05) is 12.1 Å². The minimum atomic E-state index is -3.21. The first-order valence-corrected chi connectivity index (χ1v) is 12.0. The van der Waals surface area contributed by atoms with Gasteiger partial charge in [-0.15, -0.1) is 0 Å². The largest absolute Gasteiger partial charge is 0.488 e. The van der Waals surface area contributed by atoms with Crippen molar-refractivity contribution in [2.45, 2.75) is 43.4 Å². The van der Waals surface area contributed by atoms with Crippen LogP contribution >= 0.6 is 0 Å². The van der Waals surface area contributed by atoms with Crippen LogP contribution in [0.5, 0.6) is 5.75 Å². The van der Waals surface area contributed by atoms with Crippen molar-refractivity contribution in [1.82, 2.24) is 9.88 Å². The van der Waals surface area contributed by atoms with Crippen LogP contribution in [-0.2, 0) is 16.3 Å². The van der Waals surface area contributed by atoms with Crippen molar-refractivity contribution in [2.24, 2.45) is 5.92 Å². The van der Waals surface area contributed by atoms with Gasteiger partial charge >= 0.3 is 0 Å². The maximum absolute atomic E-state index is 13.2. The molecule has 5 nitrogen and oxygen atoms in total. The van der Waals surface area contributed by atoms with E-state index in [0.717, 1.165) is 54.9 Å². The van der Waals surface area contributed by atoms with E-state index in [2.05, 4.69) is 9.88 Å². The van der Waals surface area contributed by atoms with Crippen molar-refractivity contribution in [3.8, 4) is 17.0 Å². The third kappa shape index (κ3) is 4.61. The number of rotatable bonds is 5. The average molecular weight is 419 g/mol. The quantitative estimate of drug-likeness (QED) is 0.744. The number of likely N-dealkylation sites (tertiary alicyclic amines) is 1. The Morgan fingerprint density at radius 1 is 1.24 bits per heavy atom. The molecule has 1 aromatic heterocycles. The molecule has 0 amide bonds. The smallest absolute Gasteiger partial charge is 0.175 e. The van der Waals surface area contributed by atoms with Crippen molar-refractivity contribution in [3.63, 3.8) is 0 Å². The van der Waals surface area contributed by atoms with Crippen LogP contribution in [-0.4, -0.2) is 56.5 Å². The van der Waals surface area contributed by atoms with E-state index in [1.54, 1.807) is 37.4 Å². The second-order valence-corrected chi connectivity index (χ2v) is 10.3. The number of alkyl halides is 1. The monoisotopic (exact) mass is 418 g/mol. The molecule has 7 heteroatoms. The number of nitrogens with zero attached hydrogens (tertiary/aromatic N) is 2. The predicted molar refractivity (Wildman–Crippen MR) is 111 cm³/mol. The van der Waals surface area contributed by atoms with Gasteiger partial charge in [0.05, 0.1) is 16.8 Å². The Balaban J connectivity index is 1.42. The molecule has 156 valence electrons. The first-order valence-electron chi connectivity index (χ1n) is 10.1. The molecule has 2 unspecified atom stereocenters. The zero-order valence-electron chi connectivity index (χ0n) is 16.8. The molecule has 0 saturated carbocycles. The van der Waals surface area contributed by atoms with Crippen LogP contribution in [0.4, 0.5) is 4.39 Å². The lowest BCUT2D eigenvalue weighted by Gasteiger charge is -2.34. The normalized spacial score (nSPS) is 21.6. The summed E-state index contributed by atoms with van der Waals surface area (Å²) in [5, 5.41) is 0. The summed E-state index contributed by atoms with van der Waals surface area (Å²) in [6, 6.07) is 8.86. The summed E-state index contributed by atoms with van der Waals surface area (Å²) in [4.78, 5) is 7.01. The van der Waals surface area contributed by atoms with Gasteiger partial charge in [-0.05, 0) is 57.0 Å². The van der Waals surface area contributed by atoms with Crippen LogP contribution in [0.25, 0.3) is 11.3 Å². The summed E-state index contributed by atoms with van der Waals surface area (Å²) >= 11 is 0. The fourth-order valence-corrected chi connectivity index (χ4v) is 4.96. The topological polar surface area (TPSA) is 59.5 Å². The first-order chi connectivity index (χ1) is 13.8. The second-order valence-electron chi connectivity index (χ2n) is 8.25.